The lowest BCUT2D eigenvalue weighted by Crippen LogP contribution is -1.88. The molecule has 0 saturated heterocycles. The van der Waals surface area contributed by atoms with Crippen molar-refractivity contribution in [3.05, 3.63) is 20.3 Å². The SMILES string of the molecule is CCCCCCCCC(Cl)c1sc(C)cc1Br. The fourth-order valence-corrected chi connectivity index (χ4v) is 4.43. The van der Waals surface area contributed by atoms with E-state index in [4.69, 9.17) is 11.6 Å². The second-order valence-corrected chi connectivity index (χ2v) is 7.26. The van der Waals surface area contributed by atoms with Crippen molar-refractivity contribution in [3.63, 3.8) is 0 Å². The van der Waals surface area contributed by atoms with Gasteiger partial charge in [-0.1, -0.05) is 45.4 Å². The van der Waals surface area contributed by atoms with Crippen LogP contribution in [0, 0.1) is 6.92 Å². The van der Waals surface area contributed by atoms with Crippen LogP contribution in [0.1, 0.15) is 67.0 Å². The van der Waals surface area contributed by atoms with Gasteiger partial charge in [0.25, 0.3) is 0 Å². The van der Waals surface area contributed by atoms with E-state index in [0.717, 1.165) is 6.42 Å². The fourth-order valence-electron chi connectivity index (χ4n) is 1.95. The van der Waals surface area contributed by atoms with Gasteiger partial charge in [0.1, 0.15) is 0 Å². The summed E-state index contributed by atoms with van der Waals surface area (Å²) >= 11 is 11.8. The van der Waals surface area contributed by atoms with Crippen molar-refractivity contribution in [2.75, 3.05) is 0 Å². The van der Waals surface area contributed by atoms with Crippen LogP contribution in [0.25, 0.3) is 0 Å². The van der Waals surface area contributed by atoms with Crippen molar-refractivity contribution in [1.82, 2.24) is 0 Å². The average Bonchev–Trinajstić information content (AvgIpc) is 2.62. The minimum Gasteiger partial charge on any atom is -0.143 e. The van der Waals surface area contributed by atoms with Crippen LogP contribution >= 0.6 is 38.9 Å². The van der Waals surface area contributed by atoms with Crippen molar-refractivity contribution in [2.24, 2.45) is 0 Å². The molecule has 0 N–H and O–H groups in total. The van der Waals surface area contributed by atoms with E-state index in [9.17, 15) is 0 Å². The first-order chi connectivity index (χ1) is 8.15. The minimum atomic E-state index is 0.189. The second-order valence-electron chi connectivity index (χ2n) is 4.59. The molecule has 0 radical (unpaired) electrons. The maximum absolute atomic E-state index is 6.45. The molecule has 3 heteroatoms. The zero-order chi connectivity index (χ0) is 12.7. The third-order valence-electron chi connectivity index (χ3n) is 2.93. The highest BCUT2D eigenvalue weighted by Gasteiger charge is 2.14. The van der Waals surface area contributed by atoms with E-state index in [0.29, 0.717) is 0 Å². The summed E-state index contributed by atoms with van der Waals surface area (Å²) in [4.78, 5) is 2.64. The molecule has 0 spiro atoms. The highest BCUT2D eigenvalue weighted by atomic mass is 79.9. The molecule has 1 atom stereocenters. The van der Waals surface area contributed by atoms with Gasteiger partial charge in [-0.2, -0.15) is 0 Å². The number of hydrogen-bond donors (Lipinski definition) is 0. The molecular formula is C14H22BrClS. The molecular weight excluding hydrogens is 316 g/mol. The molecule has 1 aromatic rings. The Kier molecular flexibility index (Phi) is 7.81. The Morgan fingerprint density at radius 2 is 1.88 bits per heavy atom. The summed E-state index contributed by atoms with van der Waals surface area (Å²) in [6.07, 6.45) is 9.12. The number of alkyl halides is 1. The molecule has 0 aromatic carbocycles. The van der Waals surface area contributed by atoms with Crippen LogP contribution in [-0.2, 0) is 0 Å². The summed E-state index contributed by atoms with van der Waals surface area (Å²) in [6, 6.07) is 2.16. The molecule has 1 rings (SSSR count). The van der Waals surface area contributed by atoms with Gasteiger partial charge in [0.15, 0.2) is 0 Å². The lowest BCUT2D eigenvalue weighted by atomic mass is 10.1. The number of thiophene rings is 1. The molecule has 0 aliphatic heterocycles. The van der Waals surface area contributed by atoms with Crippen LogP contribution in [0.2, 0.25) is 0 Å². The van der Waals surface area contributed by atoms with Crippen LogP contribution < -0.4 is 0 Å². The summed E-state index contributed by atoms with van der Waals surface area (Å²) < 4.78 is 1.19. The quantitative estimate of drug-likeness (QED) is 0.359. The Morgan fingerprint density at radius 3 is 2.47 bits per heavy atom. The van der Waals surface area contributed by atoms with Gasteiger partial charge in [0.2, 0.25) is 0 Å². The smallest absolute Gasteiger partial charge is 0.0690 e. The molecule has 17 heavy (non-hydrogen) atoms. The molecule has 0 bridgehead atoms. The predicted molar refractivity (Wildman–Crippen MR) is 83.3 cm³/mol. The zero-order valence-electron chi connectivity index (χ0n) is 10.8. The van der Waals surface area contributed by atoms with E-state index in [1.165, 1.54) is 52.8 Å². The second kappa shape index (κ2) is 8.55. The molecule has 0 aliphatic carbocycles. The van der Waals surface area contributed by atoms with Gasteiger partial charge in [0.05, 0.1) is 5.38 Å². The topological polar surface area (TPSA) is 0 Å². The van der Waals surface area contributed by atoms with Crippen LogP contribution in [-0.4, -0.2) is 0 Å². The van der Waals surface area contributed by atoms with Gasteiger partial charge in [-0.15, -0.1) is 22.9 Å². The first-order valence-corrected chi connectivity index (χ1v) is 8.59. The van der Waals surface area contributed by atoms with E-state index in [2.05, 4.69) is 35.8 Å². The largest absolute Gasteiger partial charge is 0.143 e. The average molecular weight is 338 g/mol. The third kappa shape index (κ3) is 5.76. The van der Waals surface area contributed by atoms with E-state index in [-0.39, 0.29) is 5.38 Å². The van der Waals surface area contributed by atoms with Gasteiger partial charge in [-0.3, -0.25) is 0 Å². The minimum absolute atomic E-state index is 0.189. The van der Waals surface area contributed by atoms with Gasteiger partial charge in [-0.05, 0) is 35.3 Å². The van der Waals surface area contributed by atoms with Gasteiger partial charge in [0, 0.05) is 14.2 Å². The molecule has 0 amide bonds. The first-order valence-electron chi connectivity index (χ1n) is 6.55. The number of rotatable bonds is 8. The monoisotopic (exact) mass is 336 g/mol. The normalized spacial score (nSPS) is 12.9. The van der Waals surface area contributed by atoms with Gasteiger partial charge in [-0.25, -0.2) is 0 Å². The summed E-state index contributed by atoms with van der Waals surface area (Å²) in [5.41, 5.74) is 0. The molecule has 98 valence electrons. The van der Waals surface area contributed by atoms with Crippen LogP contribution in [0.4, 0.5) is 0 Å². The summed E-state index contributed by atoms with van der Waals surface area (Å²) in [6.45, 7) is 4.39. The Hall–Kier alpha value is 0.470. The maximum Gasteiger partial charge on any atom is 0.0690 e. The fraction of sp³-hybridized carbons (Fsp3) is 0.714. The van der Waals surface area contributed by atoms with Crippen molar-refractivity contribution in [3.8, 4) is 0 Å². The number of aryl methyl sites for hydroxylation is 1. The summed E-state index contributed by atoms with van der Waals surface area (Å²) in [5, 5.41) is 0.189. The predicted octanol–water partition coefficient (Wildman–Crippen LogP) is 6.85. The molecule has 0 fully saturated rings. The first kappa shape index (κ1) is 15.5. The van der Waals surface area contributed by atoms with E-state index >= 15 is 0 Å². The highest BCUT2D eigenvalue weighted by molar-refractivity contribution is 9.10. The standard InChI is InChI=1S/C14H22BrClS/c1-3-4-5-6-7-8-9-13(16)14-12(15)10-11(2)17-14/h10,13H,3-9H2,1-2H3. The molecule has 1 aromatic heterocycles. The van der Waals surface area contributed by atoms with Gasteiger partial charge >= 0.3 is 0 Å². The molecule has 0 saturated carbocycles. The maximum atomic E-state index is 6.45. The Morgan fingerprint density at radius 1 is 1.24 bits per heavy atom. The highest BCUT2D eigenvalue weighted by Crippen LogP contribution is 2.38. The Bertz CT molecular complexity index is 322. The molecule has 1 heterocycles. The molecule has 0 nitrogen and oxygen atoms in total. The van der Waals surface area contributed by atoms with Crippen LogP contribution in [0.3, 0.4) is 0 Å². The zero-order valence-corrected chi connectivity index (χ0v) is 13.9. The van der Waals surface area contributed by atoms with Gasteiger partial charge < -0.3 is 0 Å². The molecule has 0 aliphatic rings. The van der Waals surface area contributed by atoms with Crippen LogP contribution in [0.5, 0.6) is 0 Å². The third-order valence-corrected chi connectivity index (χ3v) is 5.58. The number of halogens is 2. The summed E-state index contributed by atoms with van der Waals surface area (Å²) in [5.74, 6) is 0. The van der Waals surface area contributed by atoms with Crippen molar-refractivity contribution < 1.29 is 0 Å². The van der Waals surface area contributed by atoms with E-state index in [1.807, 2.05) is 11.3 Å². The molecule has 1 unspecified atom stereocenters. The Balaban J connectivity index is 2.21. The van der Waals surface area contributed by atoms with Crippen molar-refractivity contribution in [1.29, 1.82) is 0 Å². The van der Waals surface area contributed by atoms with Crippen molar-refractivity contribution >= 4 is 38.9 Å². The lowest BCUT2D eigenvalue weighted by molar-refractivity contribution is 0.586. The van der Waals surface area contributed by atoms with Crippen LogP contribution in [0.15, 0.2) is 10.5 Å². The Labute approximate surface area is 123 Å². The van der Waals surface area contributed by atoms with E-state index < -0.39 is 0 Å². The number of unbranched alkanes of at least 4 members (excludes halogenated alkanes) is 5. The lowest BCUT2D eigenvalue weighted by Gasteiger charge is -2.08. The number of hydrogen-bond acceptors (Lipinski definition) is 1. The van der Waals surface area contributed by atoms with E-state index in [1.54, 1.807) is 0 Å². The summed E-state index contributed by atoms with van der Waals surface area (Å²) in [7, 11) is 0. The van der Waals surface area contributed by atoms with Crippen molar-refractivity contribution in [2.45, 2.75) is 64.2 Å².